The van der Waals surface area contributed by atoms with Gasteiger partial charge >= 0.3 is 12.2 Å². The van der Waals surface area contributed by atoms with E-state index in [1.807, 2.05) is 0 Å². The van der Waals surface area contributed by atoms with Gasteiger partial charge < -0.3 is 20.7 Å². The van der Waals surface area contributed by atoms with E-state index in [0.717, 1.165) is 12.8 Å². The summed E-state index contributed by atoms with van der Waals surface area (Å²) in [6.07, 6.45) is -3.56. The van der Waals surface area contributed by atoms with E-state index in [0.29, 0.717) is 22.5 Å². The number of nitrogens with one attached hydrogen (secondary N) is 1. The zero-order chi connectivity index (χ0) is 23.0. The molecule has 0 bridgehead atoms. The van der Waals surface area contributed by atoms with E-state index in [2.05, 4.69) is 15.3 Å². The lowest BCUT2D eigenvalue weighted by molar-refractivity contribution is -0.136. The molecule has 2 aliphatic rings. The van der Waals surface area contributed by atoms with Crippen LogP contribution in [0.1, 0.15) is 36.9 Å². The van der Waals surface area contributed by atoms with Gasteiger partial charge in [0, 0.05) is 23.0 Å². The first-order valence-electron chi connectivity index (χ1n) is 10.0. The smallest absolute Gasteiger partial charge is 0.389 e. The third kappa shape index (κ3) is 5.29. The molecule has 0 saturated heterocycles. The predicted octanol–water partition coefficient (Wildman–Crippen LogP) is 4.94. The molecule has 1 aromatic heterocycles. The predicted molar refractivity (Wildman–Crippen MR) is 113 cm³/mol. The summed E-state index contributed by atoms with van der Waals surface area (Å²) in [5.74, 6) is 0.170. The van der Waals surface area contributed by atoms with Crippen molar-refractivity contribution in [2.24, 2.45) is 0 Å². The van der Waals surface area contributed by atoms with Gasteiger partial charge in [-0.2, -0.15) is 13.2 Å². The molecule has 1 aliphatic heterocycles. The molecule has 0 spiro atoms. The molecule has 2 aromatic rings. The first-order valence-corrected chi connectivity index (χ1v) is 10.8. The van der Waals surface area contributed by atoms with E-state index in [-0.39, 0.29) is 59.9 Å². The van der Waals surface area contributed by atoms with Crippen LogP contribution >= 0.6 is 23.2 Å². The molecular formula is C20H20Cl2F3N5O2. The minimum atomic E-state index is -4.27. The summed E-state index contributed by atoms with van der Waals surface area (Å²) in [6.45, 7) is 0.290. The zero-order valence-electron chi connectivity index (χ0n) is 16.8. The van der Waals surface area contributed by atoms with Crippen molar-refractivity contribution in [3.05, 3.63) is 33.4 Å². The molecule has 1 aromatic carbocycles. The molecule has 32 heavy (non-hydrogen) atoms. The van der Waals surface area contributed by atoms with Gasteiger partial charge in [-0.25, -0.2) is 14.8 Å². The molecule has 0 unspecified atom stereocenters. The number of carbonyl (C=O) groups is 1. The number of benzene rings is 1. The molecule has 0 radical (unpaired) electrons. The van der Waals surface area contributed by atoms with Gasteiger partial charge in [0.25, 0.3) is 0 Å². The molecule has 1 aliphatic carbocycles. The third-order valence-corrected chi connectivity index (χ3v) is 5.63. The summed E-state index contributed by atoms with van der Waals surface area (Å²) in [4.78, 5) is 22.7. The van der Waals surface area contributed by atoms with Crippen molar-refractivity contribution in [2.45, 2.75) is 51.0 Å². The first-order chi connectivity index (χ1) is 15.1. The number of anilines is 1. The highest BCUT2D eigenvalue weighted by Gasteiger charge is 2.33. The van der Waals surface area contributed by atoms with Crippen LogP contribution in [0.5, 0.6) is 5.75 Å². The van der Waals surface area contributed by atoms with E-state index < -0.39 is 12.6 Å². The maximum Gasteiger partial charge on any atom is 0.389 e. The Balaban J connectivity index is 1.63. The average molecular weight is 490 g/mol. The Bertz CT molecular complexity index is 1050. The van der Waals surface area contributed by atoms with Crippen LogP contribution in [0.15, 0.2) is 12.1 Å². The standard InChI is InChI=1S/C20H20Cl2F3N5O2/c21-10-6-13(22)16(15(7-10)32-5-1-4-20(23,24)25)17-12-8-30(19(31)27-11-2-3-11)9-14(12)28-18(26)29-17/h6-7,11H,1-5,8-9H2,(H,27,31)(H2,26,28,29). The summed E-state index contributed by atoms with van der Waals surface area (Å²) in [5, 5.41) is 3.39. The van der Waals surface area contributed by atoms with Crippen molar-refractivity contribution >= 4 is 35.2 Å². The van der Waals surface area contributed by atoms with Gasteiger partial charge in [0.2, 0.25) is 5.95 Å². The van der Waals surface area contributed by atoms with Crippen LogP contribution in [0.25, 0.3) is 11.3 Å². The number of nitrogen functional groups attached to an aromatic ring is 1. The van der Waals surface area contributed by atoms with Gasteiger partial charge in [-0.3, -0.25) is 0 Å². The number of hydrogen-bond acceptors (Lipinski definition) is 5. The lowest BCUT2D eigenvalue weighted by Gasteiger charge is -2.17. The molecule has 2 amide bonds. The second-order valence-electron chi connectivity index (χ2n) is 7.76. The second kappa shape index (κ2) is 8.82. The fourth-order valence-corrected chi connectivity index (χ4v) is 4.03. The number of fused-ring (bicyclic) bond motifs is 1. The quantitative estimate of drug-likeness (QED) is 0.560. The van der Waals surface area contributed by atoms with E-state index in [9.17, 15) is 18.0 Å². The van der Waals surface area contributed by atoms with Crippen LogP contribution in [-0.2, 0) is 13.1 Å². The summed E-state index contributed by atoms with van der Waals surface area (Å²) in [7, 11) is 0. The van der Waals surface area contributed by atoms with Crippen LogP contribution in [0.3, 0.4) is 0 Å². The largest absolute Gasteiger partial charge is 0.493 e. The number of hydrogen-bond donors (Lipinski definition) is 2. The molecular weight excluding hydrogens is 470 g/mol. The van der Waals surface area contributed by atoms with Crippen LogP contribution in [0.2, 0.25) is 10.0 Å². The Morgan fingerprint density at radius 3 is 2.69 bits per heavy atom. The van der Waals surface area contributed by atoms with Crippen molar-refractivity contribution < 1.29 is 22.7 Å². The summed E-state index contributed by atoms with van der Waals surface area (Å²) < 4.78 is 43.0. The molecule has 1 saturated carbocycles. The van der Waals surface area contributed by atoms with Gasteiger partial charge in [-0.15, -0.1) is 0 Å². The van der Waals surface area contributed by atoms with Crippen LogP contribution in [0.4, 0.5) is 23.9 Å². The minimum absolute atomic E-state index is 0.0164. The molecule has 172 valence electrons. The lowest BCUT2D eigenvalue weighted by atomic mass is 10.0. The molecule has 3 N–H and O–H groups in total. The number of amides is 2. The van der Waals surface area contributed by atoms with E-state index in [1.54, 1.807) is 4.90 Å². The van der Waals surface area contributed by atoms with E-state index >= 15 is 0 Å². The van der Waals surface area contributed by atoms with Crippen molar-refractivity contribution in [1.82, 2.24) is 20.2 Å². The number of nitrogens with zero attached hydrogens (tertiary/aromatic N) is 3. The molecule has 0 atom stereocenters. The first kappa shape index (κ1) is 22.7. The van der Waals surface area contributed by atoms with Crippen molar-refractivity contribution in [3.8, 4) is 17.0 Å². The third-order valence-electron chi connectivity index (χ3n) is 5.11. The summed E-state index contributed by atoms with van der Waals surface area (Å²) >= 11 is 12.5. The molecule has 4 rings (SSSR count). The number of ether oxygens (including phenoxy) is 1. The number of carbonyl (C=O) groups excluding carboxylic acids is 1. The normalized spacial score (nSPS) is 15.6. The van der Waals surface area contributed by atoms with Crippen LogP contribution < -0.4 is 15.8 Å². The Morgan fingerprint density at radius 2 is 2.00 bits per heavy atom. The Labute approximate surface area is 192 Å². The van der Waals surface area contributed by atoms with Crippen molar-refractivity contribution in [3.63, 3.8) is 0 Å². The molecule has 12 heteroatoms. The maximum atomic E-state index is 12.5. The van der Waals surface area contributed by atoms with Gasteiger partial charge in [0.15, 0.2) is 0 Å². The lowest BCUT2D eigenvalue weighted by Crippen LogP contribution is -2.37. The highest BCUT2D eigenvalue weighted by atomic mass is 35.5. The number of halogens is 5. The highest BCUT2D eigenvalue weighted by molar-refractivity contribution is 6.37. The Kier molecular flexibility index (Phi) is 6.26. The number of alkyl halides is 3. The highest BCUT2D eigenvalue weighted by Crippen LogP contribution is 2.42. The molecule has 1 fully saturated rings. The van der Waals surface area contributed by atoms with Crippen molar-refractivity contribution in [2.75, 3.05) is 12.3 Å². The summed E-state index contributed by atoms with van der Waals surface area (Å²) in [6, 6.07) is 2.94. The minimum Gasteiger partial charge on any atom is -0.493 e. The van der Waals surface area contributed by atoms with Gasteiger partial charge in [0.1, 0.15) is 5.75 Å². The molecule has 2 heterocycles. The Morgan fingerprint density at radius 1 is 1.25 bits per heavy atom. The monoisotopic (exact) mass is 489 g/mol. The number of urea groups is 1. The summed E-state index contributed by atoms with van der Waals surface area (Å²) in [5.41, 5.74) is 7.84. The van der Waals surface area contributed by atoms with E-state index in [1.165, 1.54) is 12.1 Å². The zero-order valence-corrected chi connectivity index (χ0v) is 18.3. The van der Waals surface area contributed by atoms with Gasteiger partial charge in [-0.05, 0) is 31.4 Å². The fraction of sp³-hybridized carbons (Fsp3) is 0.450. The number of nitrogens with two attached hydrogens (primary N) is 1. The second-order valence-corrected chi connectivity index (χ2v) is 8.61. The van der Waals surface area contributed by atoms with Gasteiger partial charge in [-0.1, -0.05) is 23.2 Å². The topological polar surface area (TPSA) is 93.4 Å². The van der Waals surface area contributed by atoms with Gasteiger partial charge in [0.05, 0.1) is 41.7 Å². The SMILES string of the molecule is Nc1nc2c(c(-c3c(Cl)cc(Cl)cc3OCCCC(F)(F)F)n1)CN(C(=O)NC1CC1)C2. The fourth-order valence-electron chi connectivity index (χ4n) is 3.47. The molecule has 7 nitrogen and oxygen atoms in total. The number of rotatable bonds is 6. The van der Waals surface area contributed by atoms with Crippen molar-refractivity contribution in [1.29, 1.82) is 0 Å². The maximum absolute atomic E-state index is 12.5. The van der Waals surface area contributed by atoms with Crippen LogP contribution in [-0.4, -0.2) is 39.7 Å². The Hall–Kier alpha value is -2.46. The number of aromatic nitrogens is 2. The van der Waals surface area contributed by atoms with Crippen LogP contribution in [0, 0.1) is 0 Å². The average Bonchev–Trinajstić information content (AvgIpc) is 3.39. The van der Waals surface area contributed by atoms with E-state index in [4.69, 9.17) is 33.7 Å².